The van der Waals surface area contributed by atoms with Crippen LogP contribution in [0.2, 0.25) is 0 Å². The van der Waals surface area contributed by atoms with Gasteiger partial charge in [0.05, 0.1) is 0 Å². The minimum atomic E-state index is -0.186. The Balaban J connectivity index is 1.97. The molecule has 0 saturated heterocycles. The highest BCUT2D eigenvalue weighted by Crippen LogP contribution is 2.26. The maximum Gasteiger partial charge on any atom is 0.120 e. The Hall–Kier alpha value is -2.00. The van der Waals surface area contributed by atoms with Crippen LogP contribution in [-0.2, 0) is 0 Å². The second-order valence-electron chi connectivity index (χ2n) is 9.07. The van der Waals surface area contributed by atoms with E-state index in [1.54, 1.807) is 0 Å². The zero-order valence-corrected chi connectivity index (χ0v) is 18.0. The first-order valence-corrected chi connectivity index (χ1v) is 9.71. The third kappa shape index (κ3) is 7.26. The van der Waals surface area contributed by atoms with E-state index in [4.69, 9.17) is 14.8 Å². The highest BCUT2D eigenvalue weighted by Gasteiger charge is 2.16. The minimum absolute atomic E-state index is 0.120. The van der Waals surface area contributed by atoms with Gasteiger partial charge >= 0.3 is 0 Å². The smallest absolute Gasteiger partial charge is 0.120 e. The lowest BCUT2D eigenvalue weighted by molar-refractivity contribution is 0.130. The molecule has 0 aliphatic heterocycles. The summed E-state index contributed by atoms with van der Waals surface area (Å²) in [5, 5.41) is 4.94. The Kier molecular flexibility index (Phi) is 6.59. The van der Waals surface area contributed by atoms with Gasteiger partial charge in [-0.2, -0.15) is 0 Å². The summed E-state index contributed by atoms with van der Waals surface area (Å²) in [6.07, 6.45) is 0. The Morgan fingerprint density at radius 3 is 1.15 bits per heavy atom. The van der Waals surface area contributed by atoms with Crippen molar-refractivity contribution in [1.29, 1.82) is 0 Å². The molecule has 2 atom stereocenters. The summed E-state index contributed by atoms with van der Waals surface area (Å²) in [5.41, 5.74) is 2.01. The predicted octanol–water partition coefficient (Wildman–Crippen LogP) is 6.47. The fourth-order valence-corrected chi connectivity index (χ4v) is 2.84. The lowest BCUT2D eigenvalue weighted by Gasteiger charge is -2.23. The summed E-state index contributed by atoms with van der Waals surface area (Å²) < 4.78 is 11.8. The Morgan fingerprint density at radius 1 is 0.593 bits per heavy atom. The van der Waals surface area contributed by atoms with Crippen LogP contribution in [0.25, 0.3) is 0 Å². The quantitative estimate of drug-likeness (QED) is 0.585. The lowest BCUT2D eigenvalue weighted by atomic mass is 10.0. The van der Waals surface area contributed by atoms with E-state index in [1.807, 2.05) is 24.3 Å². The Bertz CT molecular complexity index is 643. The molecule has 27 heavy (non-hydrogen) atoms. The van der Waals surface area contributed by atoms with E-state index in [0.29, 0.717) is 0 Å². The van der Waals surface area contributed by atoms with Crippen LogP contribution in [0, 0.1) is 0 Å². The van der Waals surface area contributed by atoms with Crippen LogP contribution in [0.1, 0.15) is 78.6 Å². The molecule has 3 nitrogen and oxygen atoms in total. The molecule has 2 rings (SSSR count). The van der Waals surface area contributed by atoms with Gasteiger partial charge in [0, 0.05) is 12.1 Å². The average molecular weight is 369 g/mol. The van der Waals surface area contributed by atoms with Crippen molar-refractivity contribution in [3.8, 4) is 11.5 Å². The van der Waals surface area contributed by atoms with Gasteiger partial charge in [0.25, 0.3) is 0 Å². The third-order valence-corrected chi connectivity index (χ3v) is 4.02. The minimum Gasteiger partial charge on any atom is -0.488 e. The maximum atomic E-state index is 5.89. The van der Waals surface area contributed by atoms with E-state index in [0.717, 1.165) is 11.5 Å². The molecule has 0 aromatic heterocycles. The first-order valence-electron chi connectivity index (χ1n) is 9.71. The van der Waals surface area contributed by atoms with Crippen molar-refractivity contribution in [3.63, 3.8) is 0 Å². The highest BCUT2D eigenvalue weighted by atomic mass is 16.5. The van der Waals surface area contributed by atoms with E-state index < -0.39 is 0 Å². The molecule has 0 aliphatic rings. The number of nitrogens with zero attached hydrogens (tertiary/aromatic N) is 1. The Labute approximate surface area is 165 Å². The van der Waals surface area contributed by atoms with Crippen LogP contribution in [0.3, 0.4) is 0 Å². The molecule has 0 bridgehead atoms. The van der Waals surface area contributed by atoms with E-state index in [9.17, 15) is 0 Å². The summed E-state index contributed by atoms with van der Waals surface area (Å²) in [6.45, 7) is 16.6. The fourth-order valence-electron chi connectivity index (χ4n) is 2.84. The van der Waals surface area contributed by atoms with Gasteiger partial charge in [-0.05, 0) is 90.8 Å². The van der Waals surface area contributed by atoms with Crippen LogP contribution in [0.4, 0.5) is 0 Å². The summed E-state index contributed by atoms with van der Waals surface area (Å²) >= 11 is 0. The number of benzene rings is 2. The average Bonchev–Trinajstić information content (AvgIpc) is 2.53. The molecule has 2 unspecified atom stereocenters. The van der Waals surface area contributed by atoms with Crippen molar-refractivity contribution in [1.82, 2.24) is 5.32 Å². The van der Waals surface area contributed by atoms with Crippen LogP contribution >= 0.6 is 0 Å². The predicted molar refractivity (Wildman–Crippen MR) is 113 cm³/mol. The zero-order chi connectivity index (χ0) is 20.2. The normalized spacial score (nSPS) is 14.5. The molecular formula is C24H34NO2. The van der Waals surface area contributed by atoms with Crippen LogP contribution < -0.4 is 14.8 Å². The van der Waals surface area contributed by atoms with Gasteiger partial charge in [-0.25, -0.2) is 5.32 Å². The van der Waals surface area contributed by atoms with Crippen molar-refractivity contribution in [3.05, 3.63) is 59.7 Å². The van der Waals surface area contributed by atoms with Crippen molar-refractivity contribution < 1.29 is 9.47 Å². The van der Waals surface area contributed by atoms with E-state index in [2.05, 4.69) is 79.7 Å². The summed E-state index contributed by atoms with van der Waals surface area (Å²) in [7, 11) is 0. The number of rotatable bonds is 6. The van der Waals surface area contributed by atoms with Crippen LogP contribution in [0.15, 0.2) is 48.5 Å². The molecule has 1 radical (unpaired) electrons. The topological polar surface area (TPSA) is 32.6 Å². The van der Waals surface area contributed by atoms with Gasteiger partial charge in [0.1, 0.15) is 22.7 Å². The molecule has 2 aromatic carbocycles. The highest BCUT2D eigenvalue weighted by molar-refractivity contribution is 5.31. The van der Waals surface area contributed by atoms with Gasteiger partial charge in [0.15, 0.2) is 0 Å². The molecule has 0 amide bonds. The molecule has 0 heterocycles. The van der Waals surface area contributed by atoms with Crippen molar-refractivity contribution in [2.24, 2.45) is 0 Å². The first kappa shape index (κ1) is 21.3. The van der Waals surface area contributed by atoms with Crippen molar-refractivity contribution >= 4 is 0 Å². The fraction of sp³-hybridized carbons (Fsp3) is 0.500. The van der Waals surface area contributed by atoms with Gasteiger partial charge in [-0.3, -0.25) is 0 Å². The zero-order valence-electron chi connectivity index (χ0n) is 18.0. The summed E-state index contributed by atoms with van der Waals surface area (Å²) in [6, 6.07) is 16.7. The molecule has 0 saturated carbocycles. The van der Waals surface area contributed by atoms with E-state index >= 15 is 0 Å². The second-order valence-corrected chi connectivity index (χ2v) is 9.07. The SMILES string of the molecule is CC([N]C(C)c1ccc(OC(C)(C)C)cc1)c1ccc(OC(C)(C)C)cc1. The van der Waals surface area contributed by atoms with Crippen LogP contribution in [0.5, 0.6) is 11.5 Å². The van der Waals surface area contributed by atoms with E-state index in [-0.39, 0.29) is 23.3 Å². The number of hydrogen-bond donors (Lipinski definition) is 0. The van der Waals surface area contributed by atoms with Gasteiger partial charge in [-0.15, -0.1) is 0 Å². The van der Waals surface area contributed by atoms with Crippen molar-refractivity contribution in [2.75, 3.05) is 0 Å². The first-order chi connectivity index (χ1) is 12.4. The molecule has 0 aliphatic carbocycles. The number of ether oxygens (including phenoxy) is 2. The molecule has 147 valence electrons. The summed E-state index contributed by atoms with van der Waals surface area (Å²) in [4.78, 5) is 0. The molecule has 0 fully saturated rings. The van der Waals surface area contributed by atoms with Crippen molar-refractivity contribution in [2.45, 2.75) is 78.7 Å². The monoisotopic (exact) mass is 368 g/mol. The molecule has 0 spiro atoms. The van der Waals surface area contributed by atoms with Crippen LogP contribution in [-0.4, -0.2) is 11.2 Å². The van der Waals surface area contributed by atoms with Gasteiger partial charge < -0.3 is 9.47 Å². The van der Waals surface area contributed by atoms with Gasteiger partial charge in [0.2, 0.25) is 0 Å². The molecule has 2 aromatic rings. The number of hydrogen-bond acceptors (Lipinski definition) is 2. The standard InChI is InChI=1S/C24H34NO2/c1-17(19-9-13-21(14-10-19)26-23(3,4)5)25-18(2)20-11-15-22(16-12-20)27-24(6,7)8/h9-18H,1-8H3. The van der Waals surface area contributed by atoms with Gasteiger partial charge in [-0.1, -0.05) is 24.3 Å². The second kappa shape index (κ2) is 8.35. The molecular weight excluding hydrogens is 334 g/mol. The Morgan fingerprint density at radius 2 is 0.889 bits per heavy atom. The lowest BCUT2D eigenvalue weighted by Crippen LogP contribution is -2.23. The largest absolute Gasteiger partial charge is 0.488 e. The van der Waals surface area contributed by atoms with E-state index in [1.165, 1.54) is 11.1 Å². The molecule has 0 N–H and O–H groups in total. The maximum absolute atomic E-state index is 5.89. The third-order valence-electron chi connectivity index (χ3n) is 4.02. The summed E-state index contributed by atoms with van der Waals surface area (Å²) in [5.74, 6) is 1.78. The molecule has 3 heteroatoms.